The molecule has 1 aliphatic rings. The summed E-state index contributed by atoms with van der Waals surface area (Å²) in [6.45, 7) is 12.4. The molecule has 286 valence electrons. The maximum Gasteiger partial charge on any atom is 0.330 e. The Morgan fingerprint density at radius 3 is 2.04 bits per heavy atom. The van der Waals surface area contributed by atoms with Gasteiger partial charge in [0, 0.05) is 25.5 Å². The van der Waals surface area contributed by atoms with E-state index in [1.54, 1.807) is 27.6 Å². The Balaban J connectivity index is 1.75. The summed E-state index contributed by atoms with van der Waals surface area (Å²) < 4.78 is 54.7. The molecule has 1 fully saturated rings. The van der Waals surface area contributed by atoms with E-state index in [0.717, 1.165) is 15.9 Å². The van der Waals surface area contributed by atoms with Gasteiger partial charge in [-0.1, -0.05) is 112 Å². The normalized spacial score (nSPS) is 21.0. The van der Waals surface area contributed by atoms with Gasteiger partial charge in [0.25, 0.3) is 13.9 Å². The first-order valence-corrected chi connectivity index (χ1v) is 22.2. The van der Waals surface area contributed by atoms with E-state index in [4.69, 9.17) is 27.9 Å². The number of rotatable bonds is 17. The summed E-state index contributed by atoms with van der Waals surface area (Å²) in [5.74, 6) is 0. The first-order valence-electron chi connectivity index (χ1n) is 18.0. The molecule has 0 spiro atoms. The Morgan fingerprint density at radius 2 is 1.49 bits per heavy atom. The third kappa shape index (κ3) is 9.44. The Labute approximate surface area is 313 Å². The standard InChI is InChI=1S/C40H53N2O9PSi/c1-8-49-52(7,45)28-33(48-27-30-18-12-9-13-19-30)34-35(36(47-25-24-46-6)38(50-34)42-26-29(2)37(43)41-39(42)44)51-53(40(3,4)5,31-20-14-10-15-21-31)32-22-16-11-17-23-32/h9-23,26,33-36,38H,8,24-25,27-28H2,1-7H3,(H,41,43,44)/t33-,34-,35-,36-,38-,52?/m1/s1. The number of nitrogens with zero attached hydrogens (tertiary/aromatic N) is 1. The second-order valence-electron chi connectivity index (χ2n) is 14.5. The van der Waals surface area contributed by atoms with E-state index in [1.807, 2.05) is 66.7 Å². The van der Waals surface area contributed by atoms with E-state index in [-0.39, 0.29) is 32.6 Å². The molecule has 3 aromatic carbocycles. The van der Waals surface area contributed by atoms with Crippen LogP contribution in [-0.2, 0) is 39.1 Å². The lowest BCUT2D eigenvalue weighted by atomic mass is 10.1. The van der Waals surface area contributed by atoms with E-state index in [9.17, 15) is 14.2 Å². The number of nitrogens with one attached hydrogen (secondary N) is 1. The van der Waals surface area contributed by atoms with Crippen LogP contribution < -0.4 is 21.6 Å². The van der Waals surface area contributed by atoms with Gasteiger partial charge in [-0.2, -0.15) is 0 Å². The highest BCUT2D eigenvalue weighted by Crippen LogP contribution is 2.48. The van der Waals surface area contributed by atoms with Crippen molar-refractivity contribution in [3.05, 3.63) is 129 Å². The monoisotopic (exact) mass is 764 g/mol. The van der Waals surface area contributed by atoms with Gasteiger partial charge in [0.05, 0.1) is 38.7 Å². The number of aromatic amines is 1. The minimum absolute atomic E-state index is 0.00993. The number of aryl methyl sites for hydroxylation is 1. The van der Waals surface area contributed by atoms with Crippen molar-refractivity contribution in [1.82, 2.24) is 9.55 Å². The molecule has 5 rings (SSSR count). The largest absolute Gasteiger partial charge is 0.399 e. The maximum atomic E-state index is 14.0. The van der Waals surface area contributed by atoms with Crippen LogP contribution in [-0.4, -0.2) is 82.0 Å². The number of H-pyrrole nitrogens is 1. The molecule has 0 aliphatic carbocycles. The van der Waals surface area contributed by atoms with Crippen LogP contribution in [0, 0.1) is 6.92 Å². The molecule has 13 heteroatoms. The van der Waals surface area contributed by atoms with Crippen molar-refractivity contribution in [3.63, 3.8) is 0 Å². The van der Waals surface area contributed by atoms with Gasteiger partial charge >= 0.3 is 5.69 Å². The molecule has 53 heavy (non-hydrogen) atoms. The van der Waals surface area contributed by atoms with Gasteiger partial charge in [-0.15, -0.1) is 0 Å². The fraction of sp³-hybridized carbons (Fsp3) is 0.450. The Bertz CT molecular complexity index is 1880. The molecule has 0 amide bonds. The van der Waals surface area contributed by atoms with Gasteiger partial charge in [0.1, 0.15) is 18.3 Å². The molecular weight excluding hydrogens is 712 g/mol. The van der Waals surface area contributed by atoms with Crippen molar-refractivity contribution in [2.75, 3.05) is 39.8 Å². The van der Waals surface area contributed by atoms with Crippen LogP contribution in [0.1, 0.15) is 45.0 Å². The second kappa shape index (κ2) is 17.8. The van der Waals surface area contributed by atoms with Crippen LogP contribution in [0.3, 0.4) is 0 Å². The zero-order valence-electron chi connectivity index (χ0n) is 31.7. The summed E-state index contributed by atoms with van der Waals surface area (Å²) in [5, 5.41) is 1.63. The molecule has 0 radical (unpaired) electrons. The third-order valence-corrected chi connectivity index (χ3v) is 16.4. The summed E-state index contributed by atoms with van der Waals surface area (Å²) >= 11 is 0. The molecule has 11 nitrogen and oxygen atoms in total. The number of ether oxygens (including phenoxy) is 4. The first-order chi connectivity index (χ1) is 25.3. The number of hydrogen-bond acceptors (Lipinski definition) is 9. The molecule has 1 saturated heterocycles. The molecule has 4 aromatic rings. The molecule has 2 heterocycles. The predicted octanol–water partition coefficient (Wildman–Crippen LogP) is 5.25. The molecule has 0 saturated carbocycles. The second-order valence-corrected chi connectivity index (χ2v) is 21.4. The molecule has 0 bridgehead atoms. The number of methoxy groups -OCH3 is 1. The Morgan fingerprint density at radius 1 is 0.906 bits per heavy atom. The van der Waals surface area contributed by atoms with Crippen LogP contribution in [0.4, 0.5) is 0 Å². The topological polar surface area (TPSA) is 127 Å². The van der Waals surface area contributed by atoms with Gasteiger partial charge < -0.3 is 27.9 Å². The van der Waals surface area contributed by atoms with Crippen LogP contribution in [0.15, 0.2) is 107 Å². The van der Waals surface area contributed by atoms with E-state index in [1.165, 1.54) is 10.8 Å². The van der Waals surface area contributed by atoms with E-state index >= 15 is 0 Å². The van der Waals surface area contributed by atoms with Gasteiger partial charge in [0.15, 0.2) is 6.23 Å². The molecule has 6 atom stereocenters. The predicted molar refractivity (Wildman–Crippen MR) is 209 cm³/mol. The summed E-state index contributed by atoms with van der Waals surface area (Å²) in [5.41, 5.74) is 0.0840. The van der Waals surface area contributed by atoms with Gasteiger partial charge in [-0.05, 0) is 34.8 Å². The Hall–Kier alpha value is -3.45. The smallest absolute Gasteiger partial charge is 0.330 e. The fourth-order valence-electron chi connectivity index (χ4n) is 7.12. The SMILES string of the molecule is CCOP(C)(=O)C[C@@H](OCc1ccccc1)[C@H]1O[C@@H](n2cc(C)c(=O)[nH]c2=O)[C@H](OCCOC)[C@@H]1O[Si](c1ccccc1)(c1ccccc1)C(C)(C)C. The van der Waals surface area contributed by atoms with Crippen molar-refractivity contribution in [1.29, 1.82) is 0 Å². The third-order valence-electron chi connectivity index (χ3n) is 9.56. The Kier molecular flexibility index (Phi) is 13.7. The van der Waals surface area contributed by atoms with Crippen molar-refractivity contribution < 1.29 is 32.5 Å². The highest BCUT2D eigenvalue weighted by atomic mass is 31.2. The average Bonchev–Trinajstić information content (AvgIpc) is 3.48. The van der Waals surface area contributed by atoms with Crippen LogP contribution >= 0.6 is 7.37 Å². The minimum atomic E-state index is -3.31. The molecule has 1 aliphatic heterocycles. The fourth-order valence-corrected chi connectivity index (χ4v) is 13.4. The van der Waals surface area contributed by atoms with Crippen molar-refractivity contribution in [3.8, 4) is 0 Å². The average molecular weight is 765 g/mol. The highest BCUT2D eigenvalue weighted by Gasteiger charge is 2.59. The lowest BCUT2D eigenvalue weighted by Crippen LogP contribution is -2.69. The minimum Gasteiger partial charge on any atom is -0.399 e. The zero-order chi connectivity index (χ0) is 38.2. The molecule has 1 unspecified atom stereocenters. The van der Waals surface area contributed by atoms with Crippen LogP contribution in [0.25, 0.3) is 0 Å². The molecule has 1 N–H and O–H groups in total. The highest BCUT2D eigenvalue weighted by molar-refractivity contribution is 7.58. The van der Waals surface area contributed by atoms with Gasteiger partial charge in [-0.25, -0.2) is 4.79 Å². The summed E-state index contributed by atoms with van der Waals surface area (Å²) in [4.78, 5) is 28.5. The van der Waals surface area contributed by atoms with Crippen molar-refractivity contribution in [2.45, 2.75) is 76.9 Å². The van der Waals surface area contributed by atoms with Crippen LogP contribution in [0.5, 0.6) is 0 Å². The van der Waals surface area contributed by atoms with E-state index in [0.29, 0.717) is 5.56 Å². The van der Waals surface area contributed by atoms with E-state index < -0.39 is 62.6 Å². The lowest BCUT2D eigenvalue weighted by molar-refractivity contribution is -0.107. The van der Waals surface area contributed by atoms with Gasteiger partial charge in [0.2, 0.25) is 7.37 Å². The number of hydrogen-bond donors (Lipinski definition) is 1. The first kappa shape index (κ1) is 40.7. The zero-order valence-corrected chi connectivity index (χ0v) is 33.6. The lowest BCUT2D eigenvalue weighted by Gasteiger charge is -2.46. The summed E-state index contributed by atoms with van der Waals surface area (Å²) in [6, 6.07) is 30.1. The quantitative estimate of drug-likeness (QED) is 0.0872. The molecule has 1 aromatic heterocycles. The van der Waals surface area contributed by atoms with Crippen LogP contribution in [0.2, 0.25) is 5.04 Å². The molecular formula is C40H53N2O9PSi. The summed E-state index contributed by atoms with van der Waals surface area (Å²) in [7, 11) is -4.96. The summed E-state index contributed by atoms with van der Waals surface area (Å²) in [6.07, 6.45) is -3.09. The maximum absolute atomic E-state index is 14.0. The number of benzene rings is 3. The van der Waals surface area contributed by atoms with Crippen molar-refractivity contribution >= 4 is 26.1 Å². The van der Waals surface area contributed by atoms with Gasteiger partial charge in [-0.3, -0.25) is 18.9 Å². The number of aromatic nitrogens is 2. The van der Waals surface area contributed by atoms with E-state index in [2.05, 4.69) is 50.0 Å². The van der Waals surface area contributed by atoms with Crippen molar-refractivity contribution in [2.24, 2.45) is 0 Å².